The maximum absolute atomic E-state index is 9.54. The van der Waals surface area contributed by atoms with Gasteiger partial charge in [0.25, 0.3) is 0 Å². The number of halogens is 2. The van der Waals surface area contributed by atoms with Crippen molar-refractivity contribution >= 4 is 31.9 Å². The number of benzene rings is 1. The Labute approximate surface area is 132 Å². The molecule has 3 nitrogen and oxygen atoms in total. The van der Waals surface area contributed by atoms with Crippen LogP contribution >= 0.6 is 31.9 Å². The summed E-state index contributed by atoms with van der Waals surface area (Å²) in [5, 5.41) is 12.9. The summed E-state index contributed by atoms with van der Waals surface area (Å²) in [5.74, 6) is 0.737. The van der Waals surface area contributed by atoms with Gasteiger partial charge in [-0.05, 0) is 56.0 Å². The molecule has 0 heterocycles. The third-order valence-corrected chi connectivity index (χ3v) is 3.84. The van der Waals surface area contributed by atoms with Gasteiger partial charge in [0.05, 0.1) is 15.0 Å². The first-order valence-corrected chi connectivity index (χ1v) is 8.04. The Morgan fingerprint density at radius 1 is 1.26 bits per heavy atom. The molecule has 0 saturated heterocycles. The molecule has 0 aliphatic rings. The van der Waals surface area contributed by atoms with E-state index in [0.29, 0.717) is 19.1 Å². The van der Waals surface area contributed by atoms with Gasteiger partial charge in [0.2, 0.25) is 0 Å². The van der Waals surface area contributed by atoms with Crippen molar-refractivity contribution < 1.29 is 9.84 Å². The maximum atomic E-state index is 9.54. The third-order valence-electron chi connectivity index (χ3n) is 2.66. The fourth-order valence-corrected chi connectivity index (χ4v) is 2.98. The molecule has 1 rings (SSSR count). The molecule has 1 aromatic rings. The van der Waals surface area contributed by atoms with Crippen molar-refractivity contribution in [3.8, 4) is 5.75 Å². The van der Waals surface area contributed by atoms with Gasteiger partial charge < -0.3 is 15.2 Å². The minimum atomic E-state index is -0.430. The molecular formula is C14H21Br2NO2. The summed E-state index contributed by atoms with van der Waals surface area (Å²) in [4.78, 5) is 0. The van der Waals surface area contributed by atoms with Crippen LogP contribution in [-0.2, 0) is 6.54 Å². The quantitative estimate of drug-likeness (QED) is 0.737. The van der Waals surface area contributed by atoms with Crippen molar-refractivity contribution in [2.75, 3.05) is 6.61 Å². The van der Waals surface area contributed by atoms with Gasteiger partial charge in [-0.15, -0.1) is 0 Å². The van der Waals surface area contributed by atoms with E-state index < -0.39 is 6.10 Å². The summed E-state index contributed by atoms with van der Waals surface area (Å²) in [7, 11) is 0. The lowest BCUT2D eigenvalue weighted by atomic mass is 10.2. The first kappa shape index (κ1) is 17.0. The summed E-state index contributed by atoms with van der Waals surface area (Å²) < 4.78 is 7.43. The van der Waals surface area contributed by atoms with E-state index in [0.717, 1.165) is 21.2 Å². The Morgan fingerprint density at radius 3 is 2.32 bits per heavy atom. The number of aliphatic hydroxyl groups excluding tert-OH is 1. The lowest BCUT2D eigenvalue weighted by Crippen LogP contribution is -2.22. The number of nitrogens with one attached hydrogen (secondary N) is 1. The van der Waals surface area contributed by atoms with Crippen LogP contribution in [0.25, 0.3) is 0 Å². The van der Waals surface area contributed by atoms with Crippen molar-refractivity contribution in [1.29, 1.82) is 0 Å². The Morgan fingerprint density at radius 2 is 1.84 bits per heavy atom. The standard InChI is InChI=1S/C14H21Br2NO2/c1-4-11(18)8-19-14-12(15)5-10(6-13(14)16)7-17-9(2)3/h5-6,9,11,17-18H,4,7-8H2,1-3H3. The van der Waals surface area contributed by atoms with Crippen LogP contribution in [0.1, 0.15) is 32.8 Å². The molecule has 0 fully saturated rings. The second-order valence-electron chi connectivity index (χ2n) is 4.80. The van der Waals surface area contributed by atoms with E-state index >= 15 is 0 Å². The molecule has 19 heavy (non-hydrogen) atoms. The Kier molecular flexibility index (Phi) is 7.36. The first-order chi connectivity index (χ1) is 8.93. The predicted octanol–water partition coefficient (Wildman–Crippen LogP) is 3.86. The van der Waals surface area contributed by atoms with Crippen molar-refractivity contribution in [2.24, 2.45) is 0 Å². The van der Waals surface area contributed by atoms with E-state index in [1.807, 2.05) is 19.1 Å². The average molecular weight is 395 g/mol. The van der Waals surface area contributed by atoms with Gasteiger partial charge in [0.1, 0.15) is 12.4 Å². The molecule has 1 aromatic carbocycles. The van der Waals surface area contributed by atoms with Crippen molar-refractivity contribution in [3.63, 3.8) is 0 Å². The maximum Gasteiger partial charge on any atom is 0.147 e. The van der Waals surface area contributed by atoms with E-state index in [2.05, 4.69) is 51.0 Å². The van der Waals surface area contributed by atoms with Crippen molar-refractivity contribution in [2.45, 2.75) is 45.9 Å². The van der Waals surface area contributed by atoms with E-state index in [1.165, 1.54) is 5.56 Å². The second kappa shape index (κ2) is 8.25. The zero-order valence-electron chi connectivity index (χ0n) is 11.5. The van der Waals surface area contributed by atoms with Gasteiger partial charge in [0.15, 0.2) is 0 Å². The van der Waals surface area contributed by atoms with Crippen LogP contribution in [-0.4, -0.2) is 23.9 Å². The number of hydrogen-bond donors (Lipinski definition) is 2. The molecule has 0 aliphatic heterocycles. The van der Waals surface area contributed by atoms with E-state index in [1.54, 1.807) is 0 Å². The molecule has 0 aromatic heterocycles. The molecule has 1 atom stereocenters. The number of ether oxygens (including phenoxy) is 1. The van der Waals surface area contributed by atoms with Crippen LogP contribution in [0, 0.1) is 0 Å². The van der Waals surface area contributed by atoms with Gasteiger partial charge >= 0.3 is 0 Å². The SMILES string of the molecule is CCC(O)COc1c(Br)cc(CNC(C)C)cc1Br. The molecule has 0 radical (unpaired) electrons. The van der Waals surface area contributed by atoms with Crippen LogP contribution < -0.4 is 10.1 Å². The number of hydrogen-bond acceptors (Lipinski definition) is 3. The smallest absolute Gasteiger partial charge is 0.147 e. The van der Waals surface area contributed by atoms with Gasteiger partial charge in [-0.2, -0.15) is 0 Å². The first-order valence-electron chi connectivity index (χ1n) is 6.46. The topological polar surface area (TPSA) is 41.5 Å². The van der Waals surface area contributed by atoms with E-state index in [-0.39, 0.29) is 0 Å². The largest absolute Gasteiger partial charge is 0.489 e. The van der Waals surface area contributed by atoms with Gasteiger partial charge in [-0.3, -0.25) is 0 Å². The van der Waals surface area contributed by atoms with Crippen molar-refractivity contribution in [3.05, 3.63) is 26.6 Å². The van der Waals surface area contributed by atoms with Crippen LogP contribution in [0.15, 0.2) is 21.1 Å². The lowest BCUT2D eigenvalue weighted by molar-refractivity contribution is 0.103. The molecule has 2 N–H and O–H groups in total. The lowest BCUT2D eigenvalue weighted by Gasteiger charge is -2.15. The molecular weight excluding hydrogens is 374 g/mol. The second-order valence-corrected chi connectivity index (χ2v) is 6.51. The fourth-order valence-electron chi connectivity index (χ4n) is 1.47. The highest BCUT2D eigenvalue weighted by atomic mass is 79.9. The zero-order valence-corrected chi connectivity index (χ0v) is 14.7. The summed E-state index contributed by atoms with van der Waals surface area (Å²) in [6.45, 7) is 7.28. The predicted molar refractivity (Wildman–Crippen MR) is 85.6 cm³/mol. The van der Waals surface area contributed by atoms with Gasteiger partial charge in [0, 0.05) is 12.6 Å². The van der Waals surface area contributed by atoms with Crippen LogP contribution in [0.4, 0.5) is 0 Å². The highest BCUT2D eigenvalue weighted by molar-refractivity contribution is 9.11. The zero-order chi connectivity index (χ0) is 14.4. The fraction of sp³-hybridized carbons (Fsp3) is 0.571. The number of aliphatic hydroxyl groups is 1. The Hall–Kier alpha value is -0.100. The van der Waals surface area contributed by atoms with E-state index in [9.17, 15) is 5.11 Å². The monoisotopic (exact) mass is 393 g/mol. The summed E-state index contributed by atoms with van der Waals surface area (Å²) >= 11 is 7.03. The molecule has 108 valence electrons. The van der Waals surface area contributed by atoms with Crippen molar-refractivity contribution in [1.82, 2.24) is 5.32 Å². The molecule has 1 unspecified atom stereocenters. The van der Waals surface area contributed by atoms with E-state index in [4.69, 9.17) is 4.74 Å². The Balaban J connectivity index is 2.73. The highest BCUT2D eigenvalue weighted by Crippen LogP contribution is 2.35. The average Bonchev–Trinajstić information content (AvgIpc) is 2.34. The molecule has 0 amide bonds. The highest BCUT2D eigenvalue weighted by Gasteiger charge is 2.11. The Bertz CT molecular complexity index is 387. The minimum absolute atomic E-state index is 0.303. The van der Waals surface area contributed by atoms with Gasteiger partial charge in [-0.25, -0.2) is 0 Å². The third kappa shape index (κ3) is 5.81. The van der Waals surface area contributed by atoms with Crippen LogP contribution in [0.2, 0.25) is 0 Å². The molecule has 5 heteroatoms. The summed E-state index contributed by atoms with van der Waals surface area (Å²) in [5.41, 5.74) is 1.18. The summed E-state index contributed by atoms with van der Waals surface area (Å²) in [6.07, 6.45) is 0.257. The number of rotatable bonds is 7. The molecule has 0 aliphatic carbocycles. The summed E-state index contributed by atoms with van der Waals surface area (Å²) in [6, 6.07) is 4.52. The molecule has 0 bridgehead atoms. The van der Waals surface area contributed by atoms with Crippen LogP contribution in [0.3, 0.4) is 0 Å². The minimum Gasteiger partial charge on any atom is -0.489 e. The van der Waals surface area contributed by atoms with Crippen LogP contribution in [0.5, 0.6) is 5.75 Å². The normalized spacial score (nSPS) is 12.8. The molecule has 0 saturated carbocycles. The molecule has 0 spiro atoms. The van der Waals surface area contributed by atoms with Gasteiger partial charge in [-0.1, -0.05) is 20.8 Å².